The van der Waals surface area contributed by atoms with E-state index in [1.54, 1.807) is 28.6 Å². The molecule has 0 radical (unpaired) electrons. The van der Waals surface area contributed by atoms with Gasteiger partial charge in [0.2, 0.25) is 15.9 Å². The van der Waals surface area contributed by atoms with E-state index in [9.17, 15) is 13.2 Å². The van der Waals surface area contributed by atoms with Crippen LogP contribution in [0.4, 0.5) is 5.69 Å². The van der Waals surface area contributed by atoms with Crippen LogP contribution in [0.5, 0.6) is 0 Å². The Labute approximate surface area is 133 Å². The Kier molecular flexibility index (Phi) is 5.40. The molecule has 0 aliphatic carbocycles. The molecule has 0 bridgehead atoms. The quantitative estimate of drug-likeness (QED) is 0.823. The number of nitrogens with zero attached hydrogens (tertiary/aromatic N) is 1. The van der Waals surface area contributed by atoms with E-state index in [1.807, 2.05) is 0 Å². The summed E-state index contributed by atoms with van der Waals surface area (Å²) in [5.41, 5.74) is 0.595. The number of halogens is 1. The lowest BCUT2D eigenvalue weighted by Crippen LogP contribution is -2.44. The second-order valence-electron chi connectivity index (χ2n) is 5.13. The first kappa shape index (κ1) is 16.5. The Bertz CT molecular complexity index is 601. The van der Waals surface area contributed by atoms with Crippen LogP contribution < -0.4 is 5.32 Å². The van der Waals surface area contributed by atoms with Crippen LogP contribution in [0.25, 0.3) is 0 Å². The van der Waals surface area contributed by atoms with Crippen molar-refractivity contribution >= 4 is 37.5 Å². The van der Waals surface area contributed by atoms with Gasteiger partial charge < -0.3 is 5.32 Å². The van der Waals surface area contributed by atoms with Crippen molar-refractivity contribution in [2.45, 2.75) is 37.1 Å². The Hall–Kier alpha value is -0.920. The molecular weight excluding hydrogens is 356 g/mol. The molecule has 1 aromatic rings. The predicted octanol–water partition coefficient (Wildman–Crippen LogP) is 2.58. The van der Waals surface area contributed by atoms with E-state index in [0.29, 0.717) is 17.6 Å². The number of piperidine rings is 1. The van der Waals surface area contributed by atoms with Crippen molar-refractivity contribution < 1.29 is 13.2 Å². The second kappa shape index (κ2) is 6.89. The molecule has 5 nitrogen and oxygen atoms in total. The van der Waals surface area contributed by atoms with Gasteiger partial charge in [-0.25, -0.2) is 8.42 Å². The molecule has 116 valence electrons. The number of rotatable bonds is 4. The number of carbonyl (C=O) groups is 1. The summed E-state index contributed by atoms with van der Waals surface area (Å²) >= 11 is 3.40. The van der Waals surface area contributed by atoms with Gasteiger partial charge in [0, 0.05) is 30.5 Å². The van der Waals surface area contributed by atoms with Crippen LogP contribution in [0.3, 0.4) is 0 Å². The summed E-state index contributed by atoms with van der Waals surface area (Å²) in [7, 11) is -3.48. The molecule has 1 atom stereocenters. The lowest BCUT2D eigenvalue weighted by Gasteiger charge is -2.33. The fourth-order valence-electron chi connectivity index (χ4n) is 2.49. The number of amides is 1. The average Bonchev–Trinajstić information content (AvgIpc) is 2.47. The van der Waals surface area contributed by atoms with Crippen molar-refractivity contribution in [1.29, 1.82) is 0 Å². The monoisotopic (exact) mass is 374 g/mol. The van der Waals surface area contributed by atoms with Crippen molar-refractivity contribution in [3.8, 4) is 0 Å². The topological polar surface area (TPSA) is 66.5 Å². The maximum Gasteiger partial charge on any atom is 0.243 e. The molecule has 1 fully saturated rings. The number of sulfonamides is 1. The molecule has 1 amide bonds. The fraction of sp³-hybridized carbons (Fsp3) is 0.500. The number of carbonyl (C=O) groups excluding carboxylic acids is 1. The first-order chi connectivity index (χ1) is 9.95. The maximum absolute atomic E-state index is 12.7. The molecule has 1 aromatic carbocycles. The number of nitrogens with one attached hydrogen (secondary N) is 1. The van der Waals surface area contributed by atoms with E-state index in [1.165, 1.54) is 6.92 Å². The molecule has 1 unspecified atom stereocenters. The molecule has 1 aliphatic heterocycles. The van der Waals surface area contributed by atoms with Crippen molar-refractivity contribution in [3.63, 3.8) is 0 Å². The zero-order chi connectivity index (χ0) is 15.5. The van der Waals surface area contributed by atoms with E-state index in [2.05, 4.69) is 21.2 Å². The maximum atomic E-state index is 12.7. The van der Waals surface area contributed by atoms with E-state index in [0.717, 1.165) is 19.3 Å². The van der Waals surface area contributed by atoms with E-state index in [-0.39, 0.29) is 16.8 Å². The Morgan fingerprint density at radius 2 is 2.00 bits per heavy atom. The number of hydrogen-bond donors (Lipinski definition) is 1. The fourth-order valence-corrected chi connectivity index (χ4v) is 5.05. The highest BCUT2D eigenvalue weighted by Gasteiger charge is 2.32. The van der Waals surface area contributed by atoms with Gasteiger partial charge in [-0.05, 0) is 37.1 Å². The van der Waals surface area contributed by atoms with Gasteiger partial charge >= 0.3 is 0 Å². The minimum Gasteiger partial charge on any atom is -0.326 e. The zero-order valence-electron chi connectivity index (χ0n) is 11.9. The van der Waals surface area contributed by atoms with Gasteiger partial charge in [0.1, 0.15) is 0 Å². The van der Waals surface area contributed by atoms with Gasteiger partial charge in [-0.2, -0.15) is 4.31 Å². The van der Waals surface area contributed by atoms with Crippen LogP contribution in [0.2, 0.25) is 0 Å². The normalized spacial score (nSPS) is 20.2. The van der Waals surface area contributed by atoms with Crippen molar-refractivity contribution in [3.05, 3.63) is 24.3 Å². The minimum absolute atomic E-state index is 0.0128. The standard InChI is InChI=1S/C14H19BrN2O3S/c1-11(18)16-12-5-7-14(8-6-12)21(19,20)17-9-3-2-4-13(17)10-15/h5-8,13H,2-4,9-10H2,1H3,(H,16,18). The number of benzene rings is 1. The van der Waals surface area contributed by atoms with Gasteiger partial charge in [0.05, 0.1) is 4.90 Å². The smallest absolute Gasteiger partial charge is 0.243 e. The summed E-state index contributed by atoms with van der Waals surface area (Å²) in [6.07, 6.45) is 2.84. The summed E-state index contributed by atoms with van der Waals surface area (Å²) < 4.78 is 27.0. The van der Waals surface area contributed by atoms with Crippen molar-refractivity contribution in [2.75, 3.05) is 17.2 Å². The molecule has 1 saturated heterocycles. The van der Waals surface area contributed by atoms with E-state index >= 15 is 0 Å². The largest absolute Gasteiger partial charge is 0.326 e. The van der Waals surface area contributed by atoms with Gasteiger partial charge in [-0.1, -0.05) is 22.4 Å². The first-order valence-electron chi connectivity index (χ1n) is 6.90. The Morgan fingerprint density at radius 3 is 2.57 bits per heavy atom. The molecule has 0 aromatic heterocycles. The molecule has 1 aliphatic rings. The molecule has 7 heteroatoms. The number of anilines is 1. The number of alkyl halides is 1. The van der Waals surface area contributed by atoms with Crippen LogP contribution in [-0.4, -0.2) is 36.5 Å². The summed E-state index contributed by atoms with van der Waals surface area (Å²) in [6.45, 7) is 1.98. The minimum atomic E-state index is -3.48. The van der Waals surface area contributed by atoms with Crippen LogP contribution >= 0.6 is 15.9 Å². The van der Waals surface area contributed by atoms with Gasteiger partial charge in [0.15, 0.2) is 0 Å². The van der Waals surface area contributed by atoms with E-state index < -0.39 is 10.0 Å². The van der Waals surface area contributed by atoms with Crippen LogP contribution in [0, 0.1) is 0 Å². The molecule has 0 spiro atoms. The third kappa shape index (κ3) is 3.84. The van der Waals surface area contributed by atoms with Crippen molar-refractivity contribution in [1.82, 2.24) is 4.31 Å². The average molecular weight is 375 g/mol. The highest BCUT2D eigenvalue weighted by Crippen LogP contribution is 2.27. The summed E-state index contributed by atoms with van der Waals surface area (Å²) in [6, 6.07) is 6.32. The zero-order valence-corrected chi connectivity index (χ0v) is 14.3. The highest BCUT2D eigenvalue weighted by molar-refractivity contribution is 9.09. The van der Waals surface area contributed by atoms with Crippen LogP contribution in [0.1, 0.15) is 26.2 Å². The highest BCUT2D eigenvalue weighted by atomic mass is 79.9. The third-order valence-corrected chi connectivity index (χ3v) is 6.25. The summed E-state index contributed by atoms with van der Waals surface area (Å²) in [5, 5.41) is 3.28. The lowest BCUT2D eigenvalue weighted by atomic mass is 10.1. The second-order valence-corrected chi connectivity index (χ2v) is 7.66. The first-order valence-corrected chi connectivity index (χ1v) is 9.47. The molecule has 2 rings (SSSR count). The van der Waals surface area contributed by atoms with Gasteiger partial charge in [-0.3, -0.25) is 4.79 Å². The van der Waals surface area contributed by atoms with Crippen LogP contribution in [-0.2, 0) is 14.8 Å². The van der Waals surface area contributed by atoms with Gasteiger partial charge in [-0.15, -0.1) is 0 Å². The predicted molar refractivity (Wildman–Crippen MR) is 86.1 cm³/mol. The molecular formula is C14H19BrN2O3S. The lowest BCUT2D eigenvalue weighted by molar-refractivity contribution is -0.114. The Morgan fingerprint density at radius 1 is 1.33 bits per heavy atom. The third-order valence-electron chi connectivity index (χ3n) is 3.53. The summed E-state index contributed by atoms with van der Waals surface area (Å²) in [4.78, 5) is 11.2. The molecule has 1 N–H and O–H groups in total. The summed E-state index contributed by atoms with van der Waals surface area (Å²) in [5.74, 6) is -0.180. The van der Waals surface area contributed by atoms with Crippen molar-refractivity contribution in [2.24, 2.45) is 0 Å². The molecule has 1 heterocycles. The molecule has 21 heavy (non-hydrogen) atoms. The Balaban J connectivity index is 2.24. The van der Waals surface area contributed by atoms with E-state index in [4.69, 9.17) is 0 Å². The molecule has 0 saturated carbocycles. The number of hydrogen-bond acceptors (Lipinski definition) is 3. The SMILES string of the molecule is CC(=O)Nc1ccc(S(=O)(=O)N2CCCCC2CBr)cc1. The van der Waals surface area contributed by atoms with Crippen LogP contribution in [0.15, 0.2) is 29.2 Å². The van der Waals surface area contributed by atoms with Gasteiger partial charge in [0.25, 0.3) is 0 Å².